The Morgan fingerprint density at radius 1 is 1.23 bits per heavy atom. The Morgan fingerprint density at radius 3 is 2.65 bits per heavy atom. The zero-order valence-corrected chi connectivity index (χ0v) is 25.4. The van der Waals surface area contributed by atoms with Gasteiger partial charge >= 0.3 is 6.09 Å². The van der Waals surface area contributed by atoms with Crippen LogP contribution in [0, 0.1) is 11.3 Å². The number of hydrazone groups is 1. The highest BCUT2D eigenvalue weighted by atomic mass is 16.6. The van der Waals surface area contributed by atoms with Crippen LogP contribution < -0.4 is 10.6 Å². The molecule has 1 saturated heterocycles. The van der Waals surface area contributed by atoms with Gasteiger partial charge in [-0.2, -0.15) is 15.5 Å². The molecule has 1 aliphatic heterocycles. The number of aliphatic imine (C=N–C) groups is 1. The van der Waals surface area contributed by atoms with Crippen LogP contribution in [0.3, 0.4) is 0 Å². The van der Waals surface area contributed by atoms with E-state index < -0.39 is 5.60 Å². The fraction of sp³-hybridized carbons (Fsp3) is 0.419. The number of aryl methyl sites for hydroxylation is 1. The van der Waals surface area contributed by atoms with Crippen LogP contribution in [0.2, 0.25) is 0 Å². The predicted molar refractivity (Wildman–Crippen MR) is 164 cm³/mol. The number of nitrogens with zero attached hydrogens (tertiary/aromatic N) is 8. The maximum atomic E-state index is 12.5. The Hall–Kier alpha value is -4.92. The maximum Gasteiger partial charge on any atom is 0.410 e. The van der Waals surface area contributed by atoms with E-state index in [1.54, 1.807) is 21.8 Å². The van der Waals surface area contributed by atoms with Gasteiger partial charge in [-0.15, -0.1) is 0 Å². The van der Waals surface area contributed by atoms with E-state index in [0.29, 0.717) is 59.7 Å². The SMILES string of the molecule is CC(=NC1CCN(C(=O)OC(C)(C)C)CC1)/C(=N\N)c1cc(OC(C)c2cncc3c2ccn3C)c2c(C#N)cnn2c1. The minimum Gasteiger partial charge on any atom is -0.484 e. The molecule has 0 bridgehead atoms. The summed E-state index contributed by atoms with van der Waals surface area (Å²) in [5.41, 5.74) is 4.10. The molecule has 1 fully saturated rings. The summed E-state index contributed by atoms with van der Waals surface area (Å²) in [5, 5.41) is 19.3. The molecule has 43 heavy (non-hydrogen) atoms. The van der Waals surface area contributed by atoms with Gasteiger partial charge in [0.25, 0.3) is 0 Å². The average molecular weight is 584 g/mol. The van der Waals surface area contributed by atoms with E-state index in [1.165, 1.54) is 6.20 Å². The van der Waals surface area contributed by atoms with Crippen molar-refractivity contribution >= 4 is 33.9 Å². The molecule has 12 nitrogen and oxygen atoms in total. The molecular formula is C31H37N9O3. The third-order valence-electron chi connectivity index (χ3n) is 7.52. The van der Waals surface area contributed by atoms with Crippen molar-refractivity contribution in [1.82, 2.24) is 24.1 Å². The standard InChI is InChI=1S/C31H37N9O3/c1-19(36-23-7-11-39(12-8-23)30(41)43-31(3,4)5)28(37-33)21-13-27(29-22(14-32)15-35-40(29)18-21)42-20(2)25-16-34-17-26-24(25)9-10-38(26)6/h9-10,13,15-18,20,23H,7-8,11-12,33H2,1-6H3/b36-19?,37-28+. The van der Waals surface area contributed by atoms with Crippen LogP contribution in [-0.2, 0) is 11.8 Å². The van der Waals surface area contributed by atoms with E-state index in [2.05, 4.69) is 21.3 Å². The number of hydrogen-bond donors (Lipinski definition) is 1. The number of ether oxygens (including phenoxy) is 2. The summed E-state index contributed by atoms with van der Waals surface area (Å²) in [7, 11) is 1.97. The number of carbonyl (C=O) groups excluding carboxylic acids is 1. The molecule has 0 spiro atoms. The van der Waals surface area contributed by atoms with Gasteiger partial charge in [0.2, 0.25) is 0 Å². The number of pyridine rings is 2. The number of rotatable bonds is 6. The molecule has 5 heterocycles. The number of carbonyl (C=O) groups is 1. The van der Waals surface area contributed by atoms with E-state index in [4.69, 9.17) is 20.3 Å². The van der Waals surface area contributed by atoms with Crippen LogP contribution >= 0.6 is 0 Å². The topological polar surface area (TPSA) is 148 Å². The summed E-state index contributed by atoms with van der Waals surface area (Å²) >= 11 is 0. The van der Waals surface area contributed by atoms with Crippen LogP contribution in [0.5, 0.6) is 5.75 Å². The first-order valence-corrected chi connectivity index (χ1v) is 14.3. The van der Waals surface area contributed by atoms with E-state index in [9.17, 15) is 10.1 Å². The van der Waals surface area contributed by atoms with E-state index in [0.717, 1.165) is 16.5 Å². The van der Waals surface area contributed by atoms with Crippen molar-refractivity contribution in [3.63, 3.8) is 0 Å². The monoisotopic (exact) mass is 583 g/mol. The van der Waals surface area contributed by atoms with E-state index in [-0.39, 0.29) is 18.2 Å². The number of hydrogen-bond acceptors (Lipinski definition) is 9. The average Bonchev–Trinajstić information content (AvgIpc) is 3.56. The highest BCUT2D eigenvalue weighted by molar-refractivity contribution is 6.47. The molecule has 1 aliphatic rings. The lowest BCUT2D eigenvalue weighted by molar-refractivity contribution is 0.0207. The number of piperidine rings is 1. The Balaban J connectivity index is 1.41. The summed E-state index contributed by atoms with van der Waals surface area (Å²) in [6.45, 7) is 10.5. The smallest absolute Gasteiger partial charge is 0.410 e. The lowest BCUT2D eigenvalue weighted by Crippen LogP contribution is -2.42. The Bertz CT molecular complexity index is 1760. The summed E-state index contributed by atoms with van der Waals surface area (Å²) < 4.78 is 15.6. The first-order valence-electron chi connectivity index (χ1n) is 14.3. The first kappa shape index (κ1) is 29.6. The van der Waals surface area contributed by atoms with Gasteiger partial charge in [-0.25, -0.2) is 9.31 Å². The largest absolute Gasteiger partial charge is 0.484 e. The summed E-state index contributed by atoms with van der Waals surface area (Å²) in [5.74, 6) is 6.38. The fourth-order valence-electron chi connectivity index (χ4n) is 5.38. The highest BCUT2D eigenvalue weighted by Gasteiger charge is 2.27. The Kier molecular flexibility index (Phi) is 8.08. The summed E-state index contributed by atoms with van der Waals surface area (Å²) in [6.07, 6.45) is 9.59. The lowest BCUT2D eigenvalue weighted by Gasteiger charge is -2.32. The van der Waals surface area contributed by atoms with E-state index >= 15 is 0 Å². The number of aromatic nitrogens is 4. The Labute approximate surface area is 250 Å². The van der Waals surface area contributed by atoms with Crippen molar-refractivity contribution in [3.05, 3.63) is 59.8 Å². The minimum absolute atomic E-state index is 0.00340. The molecule has 4 aromatic rings. The van der Waals surface area contributed by atoms with Gasteiger partial charge in [-0.3, -0.25) is 9.98 Å². The normalized spacial score (nSPS) is 16.0. The number of fused-ring (bicyclic) bond motifs is 2. The van der Waals surface area contributed by atoms with Crippen molar-refractivity contribution in [2.75, 3.05) is 13.1 Å². The third kappa shape index (κ3) is 6.16. The molecule has 0 saturated carbocycles. The molecule has 5 rings (SSSR count). The van der Waals surface area contributed by atoms with E-state index in [1.807, 2.05) is 70.8 Å². The van der Waals surface area contributed by atoms with Crippen LogP contribution in [0.25, 0.3) is 16.4 Å². The molecule has 0 aliphatic carbocycles. The van der Waals surface area contributed by atoms with Crippen LogP contribution in [-0.4, -0.2) is 66.3 Å². The van der Waals surface area contributed by atoms with Gasteiger partial charge in [0.15, 0.2) is 0 Å². The Morgan fingerprint density at radius 2 is 1.98 bits per heavy atom. The molecular weight excluding hydrogens is 546 g/mol. The number of nitriles is 1. The maximum absolute atomic E-state index is 12.5. The van der Waals surface area contributed by atoms with Gasteiger partial charge in [0, 0.05) is 55.2 Å². The van der Waals surface area contributed by atoms with Crippen molar-refractivity contribution < 1.29 is 14.3 Å². The molecule has 12 heteroatoms. The third-order valence-corrected chi connectivity index (χ3v) is 7.52. The molecule has 1 unspecified atom stereocenters. The zero-order valence-electron chi connectivity index (χ0n) is 25.4. The van der Waals surface area contributed by atoms with Crippen LogP contribution in [0.1, 0.15) is 70.3 Å². The van der Waals surface area contributed by atoms with Crippen LogP contribution in [0.15, 0.2) is 53.2 Å². The molecule has 0 radical (unpaired) electrons. The van der Waals surface area contributed by atoms with Crippen molar-refractivity contribution in [1.29, 1.82) is 5.26 Å². The van der Waals surface area contributed by atoms with Gasteiger partial charge in [0.05, 0.1) is 29.7 Å². The zero-order chi connectivity index (χ0) is 30.9. The van der Waals surface area contributed by atoms with Gasteiger partial charge < -0.3 is 24.8 Å². The first-order chi connectivity index (χ1) is 20.5. The molecule has 4 aromatic heterocycles. The minimum atomic E-state index is -0.537. The number of likely N-dealkylation sites (tertiary alicyclic amines) is 1. The molecule has 0 aromatic carbocycles. The fourth-order valence-corrected chi connectivity index (χ4v) is 5.38. The van der Waals surface area contributed by atoms with Gasteiger partial charge in [0.1, 0.15) is 40.3 Å². The number of nitrogens with two attached hydrogens (primary N) is 1. The quantitative estimate of drug-likeness (QED) is 0.195. The van der Waals surface area contributed by atoms with Crippen molar-refractivity contribution in [2.45, 2.75) is 65.2 Å². The van der Waals surface area contributed by atoms with Crippen molar-refractivity contribution in [3.8, 4) is 11.8 Å². The molecule has 224 valence electrons. The van der Waals surface area contributed by atoms with Gasteiger partial charge in [-0.1, -0.05) is 0 Å². The second kappa shape index (κ2) is 11.8. The summed E-state index contributed by atoms with van der Waals surface area (Å²) in [4.78, 5) is 23.5. The van der Waals surface area contributed by atoms with Gasteiger partial charge in [-0.05, 0) is 59.6 Å². The second-order valence-corrected chi connectivity index (χ2v) is 11.8. The number of amides is 1. The predicted octanol–water partition coefficient (Wildman–Crippen LogP) is 4.76. The summed E-state index contributed by atoms with van der Waals surface area (Å²) in [6, 6.07) is 6.07. The van der Waals surface area contributed by atoms with Crippen LogP contribution in [0.4, 0.5) is 4.79 Å². The second-order valence-electron chi connectivity index (χ2n) is 11.8. The molecule has 1 atom stereocenters. The highest BCUT2D eigenvalue weighted by Crippen LogP contribution is 2.32. The lowest BCUT2D eigenvalue weighted by atomic mass is 10.0. The molecule has 1 amide bonds. The molecule has 2 N–H and O–H groups in total. The van der Waals surface area contributed by atoms with Crippen molar-refractivity contribution in [2.24, 2.45) is 23.0 Å².